The first-order valence-electron chi connectivity index (χ1n) is 28.2. The van der Waals surface area contributed by atoms with Crippen molar-refractivity contribution in [3.05, 3.63) is 313 Å². The Hall–Kier alpha value is -10.4. The Morgan fingerprint density at radius 1 is 0.247 bits per heavy atom. The van der Waals surface area contributed by atoms with Crippen molar-refractivity contribution in [1.29, 1.82) is 0 Å². The lowest BCUT2D eigenvalue weighted by Crippen LogP contribution is -2.24. The number of nitrogens with zero attached hydrogens (tertiary/aromatic N) is 4. The largest absolute Gasteiger partial charge is 0.483 e. The van der Waals surface area contributed by atoms with Gasteiger partial charge in [-0.1, -0.05) is 176 Å². The van der Waals surface area contributed by atoms with E-state index in [-0.39, 0.29) is 24.2 Å². The molecule has 0 bridgehead atoms. The molecule has 0 radical (unpaired) electrons. The summed E-state index contributed by atoms with van der Waals surface area (Å²) in [7, 11) is 0. The summed E-state index contributed by atoms with van der Waals surface area (Å²) >= 11 is 0. The maximum atomic E-state index is 6.85. The average Bonchev–Trinajstić information content (AvgIpc) is 4.43. The lowest BCUT2D eigenvalue weighted by molar-refractivity contribution is 0.223. The van der Waals surface area contributed by atoms with Crippen molar-refractivity contribution in [3.63, 3.8) is 0 Å². The first-order valence-corrected chi connectivity index (χ1v) is 28.2. The molecule has 13 aromatic rings. The van der Waals surface area contributed by atoms with Crippen LogP contribution in [0, 0.1) is 0 Å². The SMILES string of the molecule is c1ccc(-c2cc(-c3ccccc3)cc(N3c4ccc(-c5ccc6c(c5)c5cc(-c7ccc8c(c7)C7C(O8)c8ccccc8N7c7ccccc7)ccc5n6-c5ccccc5)cc4C4C3c3ccccc3N4c3ccccc3)c2)cc1. The maximum Gasteiger partial charge on any atom is 0.151 e. The topological polar surface area (TPSA) is 23.9 Å². The second-order valence-electron chi connectivity index (χ2n) is 21.9. The fourth-order valence-electron chi connectivity index (χ4n) is 14.0. The van der Waals surface area contributed by atoms with Gasteiger partial charge in [0, 0.05) is 72.8 Å². The molecule has 81 heavy (non-hydrogen) atoms. The first kappa shape index (κ1) is 45.6. The highest BCUT2D eigenvalue weighted by Gasteiger charge is 2.51. The summed E-state index contributed by atoms with van der Waals surface area (Å²) in [4.78, 5) is 7.70. The van der Waals surface area contributed by atoms with Crippen LogP contribution in [0.15, 0.2) is 291 Å². The smallest absolute Gasteiger partial charge is 0.151 e. The molecule has 4 aliphatic heterocycles. The molecule has 12 aromatic carbocycles. The predicted molar refractivity (Wildman–Crippen MR) is 333 cm³/mol. The summed E-state index contributed by atoms with van der Waals surface area (Å²) in [5, 5.41) is 2.42. The zero-order valence-electron chi connectivity index (χ0n) is 44.2. The van der Waals surface area contributed by atoms with Gasteiger partial charge in [-0.05, 0) is 160 Å². The summed E-state index contributed by atoms with van der Waals surface area (Å²) in [5.74, 6) is 0.949. The van der Waals surface area contributed by atoms with Crippen molar-refractivity contribution < 1.29 is 4.74 Å². The third-order valence-electron chi connectivity index (χ3n) is 17.6. The van der Waals surface area contributed by atoms with E-state index < -0.39 is 0 Å². The van der Waals surface area contributed by atoms with E-state index in [1.807, 2.05) is 0 Å². The Kier molecular flexibility index (Phi) is 10.2. The van der Waals surface area contributed by atoms with Gasteiger partial charge in [-0.3, -0.25) is 0 Å². The van der Waals surface area contributed by atoms with Crippen molar-refractivity contribution in [2.24, 2.45) is 0 Å². The zero-order valence-corrected chi connectivity index (χ0v) is 44.2. The Morgan fingerprint density at radius 2 is 0.667 bits per heavy atom. The van der Waals surface area contributed by atoms with Crippen molar-refractivity contribution in [2.45, 2.75) is 24.2 Å². The molecule has 0 spiro atoms. The van der Waals surface area contributed by atoms with E-state index in [0.29, 0.717) is 0 Å². The molecule has 382 valence electrons. The molecule has 4 atom stereocenters. The molecular formula is C76H52N4O. The molecule has 0 saturated heterocycles. The van der Waals surface area contributed by atoms with Gasteiger partial charge in [0.25, 0.3) is 0 Å². The monoisotopic (exact) mass is 1040 g/mol. The van der Waals surface area contributed by atoms with Gasteiger partial charge in [0.2, 0.25) is 0 Å². The van der Waals surface area contributed by atoms with Crippen LogP contribution in [-0.2, 0) is 0 Å². The highest BCUT2D eigenvalue weighted by Crippen LogP contribution is 2.64. The number of fused-ring (bicyclic) bond motifs is 13. The number of rotatable bonds is 8. The highest BCUT2D eigenvalue weighted by molar-refractivity contribution is 6.12. The van der Waals surface area contributed by atoms with Crippen LogP contribution in [0.1, 0.15) is 46.5 Å². The normalized spacial score (nSPS) is 17.2. The maximum absolute atomic E-state index is 6.85. The van der Waals surface area contributed by atoms with Gasteiger partial charge < -0.3 is 24.0 Å². The molecule has 0 saturated carbocycles. The Labute approximate surface area is 471 Å². The third-order valence-corrected chi connectivity index (χ3v) is 17.6. The average molecular weight is 1040 g/mol. The Balaban J connectivity index is 0.825. The van der Waals surface area contributed by atoms with Gasteiger partial charge >= 0.3 is 0 Å². The first-order chi connectivity index (χ1) is 40.2. The van der Waals surface area contributed by atoms with Gasteiger partial charge in [-0.2, -0.15) is 0 Å². The minimum absolute atomic E-state index is 0.00207. The van der Waals surface area contributed by atoms with E-state index in [2.05, 4.69) is 310 Å². The number of benzene rings is 12. The minimum atomic E-state index is -0.0895. The summed E-state index contributed by atoms with van der Waals surface area (Å²) in [6, 6.07) is 107. The standard InChI is InChI=1S/C76H52N4O/c1-6-20-49(21-7-1)55-42-56(50-22-8-2-9-23-50)44-60(43-55)80-71-40-36-53(47-65(71)74-73(80)61-30-16-18-32-67(61)78(74)58-26-12-4-13-27-58)51-34-38-69-63(45-51)64-46-52(35-39-70(64)77(69)57-24-10-3-11-25-57)54-37-41-72-66(48-54)75-76(81-72)62-31-17-19-33-68(62)79(75)59-28-14-5-15-29-59/h1-48,73-76H. The summed E-state index contributed by atoms with van der Waals surface area (Å²) < 4.78 is 9.28. The molecule has 4 aliphatic rings. The molecule has 0 fully saturated rings. The number of anilines is 6. The van der Waals surface area contributed by atoms with Crippen molar-refractivity contribution >= 4 is 55.9 Å². The summed E-state index contributed by atoms with van der Waals surface area (Å²) in [5.41, 5.74) is 25.2. The van der Waals surface area contributed by atoms with E-state index in [4.69, 9.17) is 4.74 Å². The van der Waals surface area contributed by atoms with Gasteiger partial charge in [-0.25, -0.2) is 0 Å². The van der Waals surface area contributed by atoms with Gasteiger partial charge in [-0.15, -0.1) is 0 Å². The van der Waals surface area contributed by atoms with E-state index in [1.165, 1.54) is 123 Å². The summed E-state index contributed by atoms with van der Waals surface area (Å²) in [6.45, 7) is 0. The number of hydrogen-bond donors (Lipinski definition) is 0. The van der Waals surface area contributed by atoms with Crippen LogP contribution in [0.25, 0.3) is 72.0 Å². The molecular weight excluding hydrogens is 985 g/mol. The van der Waals surface area contributed by atoms with Crippen LogP contribution >= 0.6 is 0 Å². The lowest BCUT2D eigenvalue weighted by Gasteiger charge is -2.30. The molecule has 4 unspecified atom stereocenters. The highest BCUT2D eigenvalue weighted by atomic mass is 16.5. The molecule has 5 nitrogen and oxygen atoms in total. The van der Waals surface area contributed by atoms with E-state index in [1.54, 1.807) is 0 Å². The van der Waals surface area contributed by atoms with E-state index >= 15 is 0 Å². The molecule has 0 aliphatic carbocycles. The van der Waals surface area contributed by atoms with Crippen molar-refractivity contribution in [1.82, 2.24) is 4.57 Å². The van der Waals surface area contributed by atoms with E-state index in [9.17, 15) is 0 Å². The van der Waals surface area contributed by atoms with Crippen LogP contribution in [0.3, 0.4) is 0 Å². The third kappa shape index (κ3) is 7.11. The molecule has 5 heteroatoms. The second kappa shape index (κ2) is 18.1. The zero-order chi connectivity index (χ0) is 53.1. The van der Waals surface area contributed by atoms with Crippen LogP contribution in [-0.4, -0.2) is 4.57 Å². The molecule has 0 N–H and O–H groups in total. The predicted octanol–water partition coefficient (Wildman–Crippen LogP) is 19.9. The van der Waals surface area contributed by atoms with Gasteiger partial charge in [0.05, 0.1) is 23.1 Å². The molecule has 0 amide bonds. The Morgan fingerprint density at radius 3 is 1.26 bits per heavy atom. The van der Waals surface area contributed by atoms with Gasteiger partial charge in [0.1, 0.15) is 11.8 Å². The Bertz CT molecular complexity index is 4540. The number of hydrogen-bond acceptors (Lipinski definition) is 4. The minimum Gasteiger partial charge on any atom is -0.483 e. The van der Waals surface area contributed by atoms with Crippen molar-refractivity contribution in [3.8, 4) is 55.9 Å². The number of para-hydroxylation sites is 5. The quantitative estimate of drug-likeness (QED) is 0.151. The van der Waals surface area contributed by atoms with Crippen molar-refractivity contribution in [2.75, 3.05) is 14.7 Å². The fourth-order valence-corrected chi connectivity index (χ4v) is 14.0. The van der Waals surface area contributed by atoms with Gasteiger partial charge in [0.15, 0.2) is 6.10 Å². The number of ether oxygens (including phenoxy) is 1. The summed E-state index contributed by atoms with van der Waals surface area (Å²) in [6.07, 6.45) is -0.0895. The van der Waals surface area contributed by atoms with Crippen LogP contribution in [0.2, 0.25) is 0 Å². The van der Waals surface area contributed by atoms with Crippen LogP contribution in [0.5, 0.6) is 5.75 Å². The van der Waals surface area contributed by atoms with E-state index in [0.717, 1.165) is 11.4 Å². The molecule has 5 heterocycles. The van der Waals surface area contributed by atoms with Crippen LogP contribution < -0.4 is 19.4 Å². The molecule has 1 aromatic heterocycles. The lowest BCUT2D eigenvalue weighted by atomic mass is 9.95. The van der Waals surface area contributed by atoms with Crippen LogP contribution in [0.4, 0.5) is 34.1 Å². The number of aromatic nitrogens is 1. The molecule has 17 rings (SSSR count). The second-order valence-corrected chi connectivity index (χ2v) is 21.9. The fraction of sp³-hybridized carbons (Fsp3) is 0.0526.